The Hall–Kier alpha value is -1.17. The van der Waals surface area contributed by atoms with Crippen molar-refractivity contribution in [2.24, 2.45) is 0 Å². The minimum Gasteiger partial charge on any atom is -0.396 e. The highest BCUT2D eigenvalue weighted by molar-refractivity contribution is 5.38. The fraction of sp³-hybridized carbons (Fsp3) is 0.667. The Morgan fingerprint density at radius 3 is 2.80 bits per heavy atom. The van der Waals surface area contributed by atoms with Gasteiger partial charge < -0.3 is 20.1 Å². The lowest BCUT2D eigenvalue weighted by Crippen LogP contribution is -2.21. The van der Waals surface area contributed by atoms with Crippen molar-refractivity contribution in [3.8, 4) is 0 Å². The first-order valence-electron chi connectivity index (χ1n) is 7.24. The molecule has 0 radical (unpaired) electrons. The largest absolute Gasteiger partial charge is 0.396 e. The number of methoxy groups -OCH3 is 1. The minimum atomic E-state index is 0.284. The molecule has 0 aliphatic rings. The van der Waals surface area contributed by atoms with E-state index in [1.807, 2.05) is 6.20 Å². The predicted octanol–water partition coefficient (Wildman–Crippen LogP) is 1.42. The third kappa shape index (κ3) is 6.84. The molecule has 5 heteroatoms. The second-order valence-corrected chi connectivity index (χ2v) is 4.90. The van der Waals surface area contributed by atoms with E-state index in [2.05, 4.69) is 34.4 Å². The smallest absolute Gasteiger partial charge is 0.128 e. The molecule has 0 atom stereocenters. The number of nitrogens with zero attached hydrogens (tertiary/aromatic N) is 2. The highest BCUT2D eigenvalue weighted by atomic mass is 16.5. The Bertz CT molecular complexity index is 343. The minimum absolute atomic E-state index is 0.284. The molecule has 0 fully saturated rings. The van der Waals surface area contributed by atoms with Crippen molar-refractivity contribution in [1.82, 2.24) is 10.3 Å². The van der Waals surface area contributed by atoms with Crippen LogP contribution in [0.5, 0.6) is 0 Å². The number of hydrogen-bond donors (Lipinski definition) is 2. The lowest BCUT2D eigenvalue weighted by atomic mass is 10.2. The van der Waals surface area contributed by atoms with Crippen LogP contribution in [-0.2, 0) is 11.3 Å². The zero-order valence-corrected chi connectivity index (χ0v) is 12.6. The number of pyridine rings is 1. The average molecular weight is 281 g/mol. The van der Waals surface area contributed by atoms with Gasteiger partial charge >= 0.3 is 0 Å². The topological polar surface area (TPSA) is 57.6 Å². The molecule has 0 aromatic carbocycles. The second-order valence-electron chi connectivity index (χ2n) is 4.90. The van der Waals surface area contributed by atoms with E-state index >= 15 is 0 Å². The summed E-state index contributed by atoms with van der Waals surface area (Å²) in [4.78, 5) is 6.63. The van der Waals surface area contributed by atoms with Crippen molar-refractivity contribution in [2.45, 2.75) is 25.8 Å². The molecule has 1 aromatic rings. The van der Waals surface area contributed by atoms with E-state index in [9.17, 15) is 0 Å². The third-order valence-electron chi connectivity index (χ3n) is 3.16. The molecule has 0 aliphatic carbocycles. The maximum Gasteiger partial charge on any atom is 0.128 e. The predicted molar refractivity (Wildman–Crippen MR) is 82.0 cm³/mol. The molecular formula is C15H27N3O2. The average Bonchev–Trinajstić information content (AvgIpc) is 2.48. The SMILES string of the molecule is COCCNCc1ccc(N(C)CCCCCO)nc1. The summed E-state index contributed by atoms with van der Waals surface area (Å²) in [7, 11) is 3.76. The van der Waals surface area contributed by atoms with E-state index in [0.717, 1.165) is 51.3 Å². The van der Waals surface area contributed by atoms with Crippen LogP contribution >= 0.6 is 0 Å². The van der Waals surface area contributed by atoms with Crippen LogP contribution in [0.3, 0.4) is 0 Å². The fourth-order valence-corrected chi connectivity index (χ4v) is 1.91. The van der Waals surface area contributed by atoms with Gasteiger partial charge in [-0.3, -0.25) is 0 Å². The summed E-state index contributed by atoms with van der Waals surface area (Å²) in [5, 5.41) is 12.0. The van der Waals surface area contributed by atoms with Gasteiger partial charge in [0, 0.05) is 46.6 Å². The van der Waals surface area contributed by atoms with Gasteiger partial charge in [-0.2, -0.15) is 0 Å². The monoisotopic (exact) mass is 281 g/mol. The molecular weight excluding hydrogens is 254 g/mol. The van der Waals surface area contributed by atoms with Gasteiger partial charge in [-0.15, -0.1) is 0 Å². The van der Waals surface area contributed by atoms with Gasteiger partial charge in [-0.25, -0.2) is 4.98 Å². The van der Waals surface area contributed by atoms with Crippen LogP contribution in [0.15, 0.2) is 18.3 Å². The fourth-order valence-electron chi connectivity index (χ4n) is 1.91. The summed E-state index contributed by atoms with van der Waals surface area (Å²) in [5.41, 5.74) is 1.18. The van der Waals surface area contributed by atoms with E-state index in [-0.39, 0.29) is 6.61 Å². The summed E-state index contributed by atoms with van der Waals surface area (Å²) in [6.45, 7) is 3.65. The first kappa shape index (κ1) is 16.9. The van der Waals surface area contributed by atoms with Crippen LogP contribution in [0.4, 0.5) is 5.82 Å². The molecule has 1 heterocycles. The Labute approximate surface area is 122 Å². The van der Waals surface area contributed by atoms with Crippen LogP contribution < -0.4 is 10.2 Å². The maximum atomic E-state index is 8.74. The van der Waals surface area contributed by atoms with Gasteiger partial charge in [-0.05, 0) is 30.9 Å². The number of rotatable bonds is 11. The number of anilines is 1. The standard InChI is InChI=1S/C15H27N3O2/c1-18(9-4-3-5-10-19)15-7-6-14(13-17-15)12-16-8-11-20-2/h6-7,13,16,19H,3-5,8-12H2,1-2H3. The number of aliphatic hydroxyl groups excluding tert-OH is 1. The van der Waals surface area contributed by atoms with E-state index < -0.39 is 0 Å². The van der Waals surface area contributed by atoms with Crippen molar-refractivity contribution in [2.75, 3.05) is 45.4 Å². The molecule has 0 saturated carbocycles. The Balaban J connectivity index is 2.29. The lowest BCUT2D eigenvalue weighted by Gasteiger charge is -2.18. The van der Waals surface area contributed by atoms with Gasteiger partial charge in [0.25, 0.3) is 0 Å². The number of unbranched alkanes of at least 4 members (excludes halogenated alkanes) is 2. The number of hydrogen-bond acceptors (Lipinski definition) is 5. The molecule has 0 amide bonds. The molecule has 5 nitrogen and oxygen atoms in total. The molecule has 0 aliphatic heterocycles. The zero-order chi connectivity index (χ0) is 14.6. The Kier molecular flexibility index (Phi) is 8.95. The van der Waals surface area contributed by atoms with E-state index in [1.54, 1.807) is 7.11 Å². The molecule has 1 aromatic heterocycles. The molecule has 1 rings (SSSR count). The zero-order valence-electron chi connectivity index (χ0n) is 12.6. The van der Waals surface area contributed by atoms with Crippen LogP contribution in [-0.4, -0.2) is 50.6 Å². The van der Waals surface area contributed by atoms with Crippen molar-refractivity contribution in [3.63, 3.8) is 0 Å². The highest BCUT2D eigenvalue weighted by Crippen LogP contribution is 2.10. The van der Waals surface area contributed by atoms with Crippen LogP contribution in [0.2, 0.25) is 0 Å². The van der Waals surface area contributed by atoms with Crippen molar-refractivity contribution >= 4 is 5.82 Å². The van der Waals surface area contributed by atoms with Crippen molar-refractivity contribution < 1.29 is 9.84 Å². The summed E-state index contributed by atoms with van der Waals surface area (Å²) in [6, 6.07) is 4.16. The summed E-state index contributed by atoms with van der Waals surface area (Å²) < 4.78 is 4.98. The lowest BCUT2D eigenvalue weighted by molar-refractivity contribution is 0.199. The summed E-state index contributed by atoms with van der Waals surface area (Å²) in [6.07, 6.45) is 4.94. The molecule has 2 N–H and O–H groups in total. The number of nitrogens with one attached hydrogen (secondary N) is 1. The van der Waals surface area contributed by atoms with Gasteiger partial charge in [0.15, 0.2) is 0 Å². The van der Waals surface area contributed by atoms with Crippen LogP contribution in [0, 0.1) is 0 Å². The molecule has 0 bridgehead atoms. The summed E-state index contributed by atoms with van der Waals surface area (Å²) >= 11 is 0. The summed E-state index contributed by atoms with van der Waals surface area (Å²) in [5.74, 6) is 0.995. The van der Waals surface area contributed by atoms with Gasteiger partial charge in [-0.1, -0.05) is 6.07 Å². The van der Waals surface area contributed by atoms with Gasteiger partial charge in [0.1, 0.15) is 5.82 Å². The third-order valence-corrected chi connectivity index (χ3v) is 3.16. The molecule has 114 valence electrons. The van der Waals surface area contributed by atoms with E-state index in [0.29, 0.717) is 0 Å². The normalized spacial score (nSPS) is 10.8. The van der Waals surface area contributed by atoms with E-state index in [1.165, 1.54) is 5.56 Å². The molecule has 0 spiro atoms. The maximum absolute atomic E-state index is 8.74. The Morgan fingerprint density at radius 1 is 1.30 bits per heavy atom. The van der Waals surface area contributed by atoms with Crippen LogP contribution in [0.25, 0.3) is 0 Å². The van der Waals surface area contributed by atoms with Crippen molar-refractivity contribution in [3.05, 3.63) is 23.9 Å². The highest BCUT2D eigenvalue weighted by Gasteiger charge is 2.02. The molecule has 0 unspecified atom stereocenters. The molecule has 0 saturated heterocycles. The van der Waals surface area contributed by atoms with Crippen LogP contribution in [0.1, 0.15) is 24.8 Å². The first-order valence-corrected chi connectivity index (χ1v) is 7.24. The van der Waals surface area contributed by atoms with E-state index in [4.69, 9.17) is 9.84 Å². The van der Waals surface area contributed by atoms with Gasteiger partial charge in [0.05, 0.1) is 6.61 Å². The number of ether oxygens (including phenoxy) is 1. The second kappa shape index (κ2) is 10.6. The quantitative estimate of drug-likeness (QED) is 0.601. The van der Waals surface area contributed by atoms with Crippen molar-refractivity contribution in [1.29, 1.82) is 0 Å². The molecule has 20 heavy (non-hydrogen) atoms. The first-order chi connectivity index (χ1) is 9.77. The Morgan fingerprint density at radius 2 is 2.15 bits per heavy atom. The van der Waals surface area contributed by atoms with Gasteiger partial charge in [0.2, 0.25) is 0 Å². The number of aliphatic hydroxyl groups is 1. The number of aromatic nitrogens is 1.